The number of benzene rings is 2. The molecule has 2 atom stereocenters. The molecule has 0 amide bonds. The van der Waals surface area contributed by atoms with Gasteiger partial charge < -0.3 is 4.74 Å². The molecule has 2 aliphatic rings. The lowest BCUT2D eigenvalue weighted by molar-refractivity contribution is 0.181. The Kier molecular flexibility index (Phi) is 3.36. The summed E-state index contributed by atoms with van der Waals surface area (Å²) in [5, 5.41) is 0. The lowest BCUT2D eigenvalue weighted by atomic mass is 9.74. The molecule has 2 unspecified atom stereocenters. The number of allylic oxidation sites excluding steroid dienone is 2. The van der Waals surface area contributed by atoms with Gasteiger partial charge in [-0.15, -0.1) is 0 Å². The molecule has 1 aliphatic heterocycles. The SMILES string of the molecule is c1ccc(C2=C(c3ccccc3)CC3COCC3C2)cc1. The number of rotatable bonds is 2. The second kappa shape index (κ2) is 5.50. The Hall–Kier alpha value is -1.86. The number of fused-ring (bicyclic) bond motifs is 1. The Balaban J connectivity index is 1.82. The molecule has 1 heterocycles. The van der Waals surface area contributed by atoms with E-state index in [4.69, 9.17) is 4.74 Å². The van der Waals surface area contributed by atoms with Crippen molar-refractivity contribution in [2.24, 2.45) is 11.8 Å². The number of ether oxygens (including phenoxy) is 1. The molecule has 106 valence electrons. The topological polar surface area (TPSA) is 9.23 Å². The van der Waals surface area contributed by atoms with Gasteiger partial charge in [-0.25, -0.2) is 0 Å². The van der Waals surface area contributed by atoms with Crippen LogP contribution in [0.2, 0.25) is 0 Å². The largest absolute Gasteiger partial charge is 0.381 e. The third-order valence-corrected chi connectivity index (χ3v) is 4.87. The molecule has 1 aliphatic carbocycles. The summed E-state index contributed by atoms with van der Waals surface area (Å²) in [6.45, 7) is 1.87. The molecular weight excluding hydrogens is 256 g/mol. The first kappa shape index (κ1) is 12.8. The highest BCUT2D eigenvalue weighted by atomic mass is 16.5. The van der Waals surface area contributed by atoms with Crippen LogP contribution < -0.4 is 0 Å². The summed E-state index contributed by atoms with van der Waals surface area (Å²) in [4.78, 5) is 0. The first-order valence-electron chi connectivity index (χ1n) is 7.82. The molecule has 0 bridgehead atoms. The fourth-order valence-electron chi connectivity index (χ4n) is 3.73. The quantitative estimate of drug-likeness (QED) is 0.775. The summed E-state index contributed by atoms with van der Waals surface area (Å²) in [7, 11) is 0. The van der Waals surface area contributed by atoms with Crippen molar-refractivity contribution in [3.05, 3.63) is 71.8 Å². The van der Waals surface area contributed by atoms with Gasteiger partial charge in [-0.05, 0) is 47.0 Å². The molecule has 1 heteroatoms. The summed E-state index contributed by atoms with van der Waals surface area (Å²) in [5.41, 5.74) is 5.80. The van der Waals surface area contributed by atoms with Crippen molar-refractivity contribution in [1.29, 1.82) is 0 Å². The van der Waals surface area contributed by atoms with E-state index in [0.29, 0.717) is 11.8 Å². The molecule has 21 heavy (non-hydrogen) atoms. The Bertz CT molecular complexity index is 585. The van der Waals surface area contributed by atoms with Crippen LogP contribution >= 0.6 is 0 Å². The zero-order valence-electron chi connectivity index (χ0n) is 12.2. The third kappa shape index (κ3) is 2.43. The van der Waals surface area contributed by atoms with Crippen LogP contribution in [0.15, 0.2) is 60.7 Å². The molecule has 2 aromatic carbocycles. The minimum absolute atomic E-state index is 0.702. The molecule has 0 saturated carbocycles. The predicted molar refractivity (Wildman–Crippen MR) is 86.7 cm³/mol. The van der Waals surface area contributed by atoms with Crippen molar-refractivity contribution in [2.75, 3.05) is 13.2 Å². The Labute approximate surface area is 126 Å². The van der Waals surface area contributed by atoms with Crippen LogP contribution in [0.1, 0.15) is 24.0 Å². The zero-order valence-corrected chi connectivity index (χ0v) is 12.2. The van der Waals surface area contributed by atoms with Gasteiger partial charge in [0.2, 0.25) is 0 Å². The van der Waals surface area contributed by atoms with E-state index in [9.17, 15) is 0 Å². The molecular formula is C20H20O. The van der Waals surface area contributed by atoms with E-state index in [0.717, 1.165) is 26.1 Å². The normalized spacial score (nSPS) is 25.0. The number of hydrogen-bond donors (Lipinski definition) is 0. The van der Waals surface area contributed by atoms with Gasteiger partial charge in [-0.1, -0.05) is 60.7 Å². The molecule has 1 fully saturated rings. The standard InChI is InChI=1S/C20H20O/c1-3-7-15(8-4-1)19-11-17-13-21-14-18(17)12-20(19)16-9-5-2-6-10-16/h1-10,17-18H,11-14H2. The second-order valence-electron chi connectivity index (χ2n) is 6.16. The van der Waals surface area contributed by atoms with Crippen molar-refractivity contribution in [3.63, 3.8) is 0 Å². The molecule has 2 aromatic rings. The summed E-state index contributed by atoms with van der Waals surface area (Å²) >= 11 is 0. The summed E-state index contributed by atoms with van der Waals surface area (Å²) in [5.74, 6) is 1.40. The number of hydrogen-bond acceptors (Lipinski definition) is 1. The van der Waals surface area contributed by atoms with Gasteiger partial charge in [0.25, 0.3) is 0 Å². The Morgan fingerprint density at radius 3 is 1.48 bits per heavy atom. The maximum atomic E-state index is 5.73. The van der Waals surface area contributed by atoms with E-state index in [1.807, 2.05) is 0 Å². The lowest BCUT2D eigenvalue weighted by Crippen LogP contribution is -2.19. The molecule has 1 saturated heterocycles. The van der Waals surface area contributed by atoms with E-state index in [1.54, 1.807) is 0 Å². The van der Waals surface area contributed by atoms with Crippen LogP contribution in [0.3, 0.4) is 0 Å². The molecule has 0 radical (unpaired) electrons. The van der Waals surface area contributed by atoms with Crippen LogP contribution in [0.25, 0.3) is 11.1 Å². The Morgan fingerprint density at radius 1 is 0.619 bits per heavy atom. The first-order valence-corrected chi connectivity index (χ1v) is 7.82. The fourth-order valence-corrected chi connectivity index (χ4v) is 3.73. The van der Waals surface area contributed by atoms with E-state index < -0.39 is 0 Å². The van der Waals surface area contributed by atoms with E-state index in [2.05, 4.69) is 60.7 Å². The average molecular weight is 276 g/mol. The predicted octanol–water partition coefficient (Wildman–Crippen LogP) is 4.65. The smallest absolute Gasteiger partial charge is 0.0501 e. The van der Waals surface area contributed by atoms with E-state index >= 15 is 0 Å². The maximum Gasteiger partial charge on any atom is 0.0501 e. The van der Waals surface area contributed by atoms with Crippen molar-refractivity contribution in [2.45, 2.75) is 12.8 Å². The van der Waals surface area contributed by atoms with E-state index in [1.165, 1.54) is 22.3 Å². The molecule has 0 spiro atoms. The molecule has 4 rings (SSSR count). The van der Waals surface area contributed by atoms with E-state index in [-0.39, 0.29) is 0 Å². The molecule has 0 N–H and O–H groups in total. The van der Waals surface area contributed by atoms with Gasteiger partial charge in [0.15, 0.2) is 0 Å². The minimum atomic E-state index is 0.702. The minimum Gasteiger partial charge on any atom is -0.381 e. The van der Waals surface area contributed by atoms with Crippen LogP contribution in [-0.2, 0) is 4.74 Å². The monoisotopic (exact) mass is 276 g/mol. The van der Waals surface area contributed by atoms with Crippen molar-refractivity contribution >= 4 is 11.1 Å². The molecule has 1 nitrogen and oxygen atoms in total. The van der Waals surface area contributed by atoms with Gasteiger partial charge >= 0.3 is 0 Å². The maximum absolute atomic E-state index is 5.73. The highest BCUT2D eigenvalue weighted by Gasteiger charge is 2.35. The van der Waals surface area contributed by atoms with Gasteiger partial charge in [0.1, 0.15) is 0 Å². The second-order valence-corrected chi connectivity index (χ2v) is 6.16. The van der Waals surface area contributed by atoms with Crippen LogP contribution in [-0.4, -0.2) is 13.2 Å². The molecule has 0 aromatic heterocycles. The van der Waals surface area contributed by atoms with Crippen LogP contribution in [0, 0.1) is 11.8 Å². The summed E-state index contributed by atoms with van der Waals surface area (Å²) < 4.78 is 5.73. The van der Waals surface area contributed by atoms with Crippen LogP contribution in [0.4, 0.5) is 0 Å². The third-order valence-electron chi connectivity index (χ3n) is 4.87. The van der Waals surface area contributed by atoms with Gasteiger partial charge in [-0.3, -0.25) is 0 Å². The summed E-state index contributed by atoms with van der Waals surface area (Å²) in [6.07, 6.45) is 2.30. The zero-order chi connectivity index (χ0) is 14.1. The highest BCUT2D eigenvalue weighted by molar-refractivity contribution is 5.91. The van der Waals surface area contributed by atoms with Gasteiger partial charge in [0.05, 0.1) is 13.2 Å². The van der Waals surface area contributed by atoms with Gasteiger partial charge in [-0.2, -0.15) is 0 Å². The summed E-state index contributed by atoms with van der Waals surface area (Å²) in [6, 6.07) is 21.7. The van der Waals surface area contributed by atoms with Crippen LogP contribution in [0.5, 0.6) is 0 Å². The average Bonchev–Trinajstić information content (AvgIpc) is 3.03. The van der Waals surface area contributed by atoms with Crippen molar-refractivity contribution in [3.8, 4) is 0 Å². The highest BCUT2D eigenvalue weighted by Crippen LogP contribution is 2.45. The first-order chi connectivity index (χ1) is 10.4. The van der Waals surface area contributed by atoms with Gasteiger partial charge in [0, 0.05) is 0 Å². The van der Waals surface area contributed by atoms with Crippen molar-refractivity contribution < 1.29 is 4.74 Å². The fraction of sp³-hybridized carbons (Fsp3) is 0.300. The van der Waals surface area contributed by atoms with Crippen molar-refractivity contribution in [1.82, 2.24) is 0 Å². The lowest BCUT2D eigenvalue weighted by Gasteiger charge is -2.29. The Morgan fingerprint density at radius 2 is 1.05 bits per heavy atom.